The molecular weight excluding hydrogens is 1010 g/mol. The Labute approximate surface area is 513 Å². The highest BCUT2D eigenvalue weighted by Gasteiger charge is 2.18. The van der Waals surface area contributed by atoms with Crippen molar-refractivity contribution >= 4 is 11.9 Å². The maximum Gasteiger partial charge on any atom is 0.305 e. The summed E-state index contributed by atoms with van der Waals surface area (Å²) in [5.74, 6) is -0.0502. The minimum absolute atomic E-state index is 0.0111. The molecule has 0 spiro atoms. The van der Waals surface area contributed by atoms with E-state index >= 15 is 0 Å². The molecule has 0 fully saturated rings. The lowest BCUT2D eigenvalue weighted by Gasteiger charge is -2.20. The molecule has 0 bridgehead atoms. The Morgan fingerprint density at radius 2 is 0.573 bits per heavy atom. The van der Waals surface area contributed by atoms with Crippen molar-refractivity contribution in [1.29, 1.82) is 0 Å². The van der Waals surface area contributed by atoms with Gasteiger partial charge in [-0.15, -0.1) is 0 Å². The van der Waals surface area contributed by atoms with E-state index in [-0.39, 0.29) is 18.5 Å². The first kappa shape index (κ1) is 80.1. The van der Waals surface area contributed by atoms with Gasteiger partial charge >= 0.3 is 5.97 Å². The number of nitrogens with one attached hydrogen (secondary N) is 1. The quantitative estimate of drug-likeness (QED) is 0.0320. The van der Waals surface area contributed by atoms with Gasteiger partial charge in [-0.05, 0) is 83.5 Å². The summed E-state index contributed by atoms with van der Waals surface area (Å²) >= 11 is 0. The molecule has 0 aliphatic carbocycles. The Morgan fingerprint density at radius 3 is 0.878 bits per heavy atom. The summed E-state index contributed by atoms with van der Waals surface area (Å²) < 4.78 is 5.48. The summed E-state index contributed by atoms with van der Waals surface area (Å²) in [5, 5.41) is 23.2. The molecule has 0 radical (unpaired) electrons. The van der Waals surface area contributed by atoms with Crippen LogP contribution in [0.1, 0.15) is 412 Å². The van der Waals surface area contributed by atoms with Gasteiger partial charge in [0.1, 0.15) is 0 Å². The van der Waals surface area contributed by atoms with Crippen molar-refractivity contribution in [2.45, 2.75) is 424 Å². The summed E-state index contributed by atoms with van der Waals surface area (Å²) in [7, 11) is 0. The third kappa shape index (κ3) is 67.2. The van der Waals surface area contributed by atoms with E-state index in [4.69, 9.17) is 4.74 Å². The van der Waals surface area contributed by atoms with Gasteiger partial charge in [0.2, 0.25) is 5.91 Å². The Morgan fingerprint density at radius 1 is 0.329 bits per heavy atom. The molecule has 0 rings (SSSR count). The first-order chi connectivity index (χ1) is 40.5. The lowest BCUT2D eigenvalue weighted by atomic mass is 10.0. The van der Waals surface area contributed by atoms with Gasteiger partial charge in [-0.2, -0.15) is 0 Å². The molecule has 3 N–H and O–H groups in total. The number of allylic oxidation sites excluding steroid dienone is 5. The van der Waals surface area contributed by atoms with Crippen LogP contribution in [-0.4, -0.2) is 47.4 Å². The smallest absolute Gasteiger partial charge is 0.305 e. The fourth-order valence-electron chi connectivity index (χ4n) is 11.7. The fraction of sp³-hybridized carbons (Fsp3) is 0.895. The topological polar surface area (TPSA) is 95.9 Å². The molecule has 6 nitrogen and oxygen atoms in total. The number of unbranched alkanes of at least 4 members (excludes halogenated alkanes) is 55. The second-order valence-corrected chi connectivity index (χ2v) is 25.6. The van der Waals surface area contributed by atoms with E-state index in [2.05, 4.69) is 43.5 Å². The average molecular weight is 1150 g/mol. The van der Waals surface area contributed by atoms with Crippen LogP contribution in [0.4, 0.5) is 0 Å². The number of aliphatic hydroxyl groups is 2. The highest BCUT2D eigenvalue weighted by Crippen LogP contribution is 2.19. The fourth-order valence-corrected chi connectivity index (χ4v) is 11.7. The SMILES string of the molecule is CCCCCC/C=C\CCCCCCCC(=O)OCCCCCCCCCCCCCCCC/C=C\CCCCCCCCCCCCCCCCCCCC(=O)NC(CO)C(O)/C=C/CCCCCCCCCCCCCCCCC. The van der Waals surface area contributed by atoms with E-state index in [0.29, 0.717) is 19.4 Å². The van der Waals surface area contributed by atoms with Crippen LogP contribution < -0.4 is 5.32 Å². The van der Waals surface area contributed by atoms with Crippen molar-refractivity contribution in [3.8, 4) is 0 Å². The second kappa shape index (κ2) is 71.6. The van der Waals surface area contributed by atoms with Crippen LogP contribution in [0.3, 0.4) is 0 Å². The number of esters is 1. The lowest BCUT2D eigenvalue weighted by Crippen LogP contribution is -2.45. The van der Waals surface area contributed by atoms with E-state index in [0.717, 1.165) is 44.9 Å². The van der Waals surface area contributed by atoms with E-state index in [9.17, 15) is 19.8 Å². The highest BCUT2D eigenvalue weighted by molar-refractivity contribution is 5.76. The first-order valence-corrected chi connectivity index (χ1v) is 37.3. The summed E-state index contributed by atoms with van der Waals surface area (Å²) in [4.78, 5) is 24.6. The molecule has 0 aromatic rings. The molecule has 2 unspecified atom stereocenters. The summed E-state index contributed by atoms with van der Waals surface area (Å²) in [6.45, 7) is 4.92. The van der Waals surface area contributed by atoms with E-state index < -0.39 is 12.1 Å². The Kier molecular flexibility index (Phi) is 69.9. The number of ether oxygens (including phenoxy) is 1. The zero-order valence-corrected chi connectivity index (χ0v) is 55.5. The number of carbonyl (C=O) groups is 2. The van der Waals surface area contributed by atoms with Gasteiger partial charge in [-0.3, -0.25) is 9.59 Å². The maximum atomic E-state index is 12.5. The van der Waals surface area contributed by atoms with Crippen molar-refractivity contribution < 1.29 is 24.5 Å². The van der Waals surface area contributed by atoms with E-state index in [1.165, 1.54) is 340 Å². The van der Waals surface area contributed by atoms with Gasteiger partial charge in [-0.1, -0.05) is 352 Å². The molecule has 2 atom stereocenters. The zero-order valence-electron chi connectivity index (χ0n) is 55.5. The molecule has 0 saturated carbocycles. The van der Waals surface area contributed by atoms with Crippen molar-refractivity contribution in [1.82, 2.24) is 5.32 Å². The van der Waals surface area contributed by atoms with E-state index in [1.54, 1.807) is 6.08 Å². The van der Waals surface area contributed by atoms with Crippen LogP contribution in [0.5, 0.6) is 0 Å². The second-order valence-electron chi connectivity index (χ2n) is 25.6. The summed E-state index contributed by atoms with van der Waals surface area (Å²) in [6, 6.07) is -0.625. The standard InChI is InChI=1S/C76H145NO5/c1-3-5-7-9-11-13-15-17-18-38-41-45-48-52-56-60-64-68-74(79)73(72-78)77-75(80)69-65-61-57-53-49-46-42-39-36-34-32-30-28-26-24-22-20-19-21-23-25-27-29-31-33-35-37-40-43-47-51-55-59-63-67-71-82-76(81)70-66-62-58-54-50-44-16-14-12-10-8-6-4-2/h14,16,21,23,64,68,73-74,78-79H,3-13,15,17-20,22,24-63,65-67,69-72H2,1-2H3,(H,77,80)/b16-14-,23-21-,68-64+. The van der Waals surface area contributed by atoms with Gasteiger partial charge in [0.25, 0.3) is 0 Å². The molecule has 0 aliphatic heterocycles. The maximum absolute atomic E-state index is 12.5. The third-order valence-corrected chi connectivity index (χ3v) is 17.4. The minimum Gasteiger partial charge on any atom is -0.466 e. The van der Waals surface area contributed by atoms with Crippen molar-refractivity contribution in [3.63, 3.8) is 0 Å². The van der Waals surface area contributed by atoms with Crippen LogP contribution >= 0.6 is 0 Å². The van der Waals surface area contributed by atoms with Crippen LogP contribution in [0.15, 0.2) is 36.5 Å². The molecular formula is C76H145NO5. The van der Waals surface area contributed by atoms with Crippen molar-refractivity contribution in [2.75, 3.05) is 13.2 Å². The van der Waals surface area contributed by atoms with Crippen LogP contribution in [0.2, 0.25) is 0 Å². The van der Waals surface area contributed by atoms with Gasteiger partial charge in [0, 0.05) is 12.8 Å². The highest BCUT2D eigenvalue weighted by atomic mass is 16.5. The number of amides is 1. The molecule has 0 aromatic heterocycles. The molecule has 484 valence electrons. The largest absolute Gasteiger partial charge is 0.466 e. The van der Waals surface area contributed by atoms with Crippen molar-refractivity contribution in [2.24, 2.45) is 0 Å². The number of rotatable bonds is 70. The van der Waals surface area contributed by atoms with Crippen LogP contribution in [-0.2, 0) is 14.3 Å². The average Bonchev–Trinajstić information content (AvgIpc) is 3.48. The monoisotopic (exact) mass is 1150 g/mol. The zero-order chi connectivity index (χ0) is 59.2. The van der Waals surface area contributed by atoms with Crippen LogP contribution in [0, 0.1) is 0 Å². The van der Waals surface area contributed by atoms with Crippen LogP contribution in [0.25, 0.3) is 0 Å². The van der Waals surface area contributed by atoms with E-state index in [1.807, 2.05) is 6.08 Å². The summed E-state index contributed by atoms with van der Waals surface area (Å²) in [6.07, 6.45) is 92.5. The van der Waals surface area contributed by atoms with Gasteiger partial charge < -0.3 is 20.3 Å². The summed E-state index contributed by atoms with van der Waals surface area (Å²) in [5.41, 5.74) is 0. The Bertz CT molecular complexity index is 1330. The number of hydrogen-bond acceptors (Lipinski definition) is 5. The first-order valence-electron chi connectivity index (χ1n) is 37.3. The number of aliphatic hydroxyl groups excluding tert-OH is 2. The molecule has 0 aliphatic rings. The molecule has 82 heavy (non-hydrogen) atoms. The van der Waals surface area contributed by atoms with Crippen molar-refractivity contribution in [3.05, 3.63) is 36.5 Å². The molecule has 0 saturated heterocycles. The Balaban J connectivity index is 3.36. The van der Waals surface area contributed by atoms with Gasteiger partial charge in [-0.25, -0.2) is 0 Å². The third-order valence-electron chi connectivity index (χ3n) is 17.4. The normalized spacial score (nSPS) is 12.7. The molecule has 0 aromatic carbocycles. The lowest BCUT2D eigenvalue weighted by molar-refractivity contribution is -0.143. The van der Waals surface area contributed by atoms with Gasteiger partial charge in [0.15, 0.2) is 0 Å². The minimum atomic E-state index is -0.842. The molecule has 6 heteroatoms. The number of hydrogen-bond donors (Lipinski definition) is 3. The molecule has 0 heterocycles. The number of carbonyl (C=O) groups excluding carboxylic acids is 2. The molecule has 1 amide bonds. The predicted octanol–water partition coefficient (Wildman–Crippen LogP) is 24.3. The van der Waals surface area contributed by atoms with Gasteiger partial charge in [0.05, 0.1) is 25.4 Å². The Hall–Kier alpha value is -1.92. The predicted molar refractivity (Wildman–Crippen MR) is 361 cm³/mol.